The van der Waals surface area contributed by atoms with Crippen LogP contribution in [0.5, 0.6) is 5.75 Å². The predicted molar refractivity (Wildman–Crippen MR) is 129 cm³/mol. The van der Waals surface area contributed by atoms with Gasteiger partial charge in [-0.15, -0.1) is 11.3 Å². The van der Waals surface area contributed by atoms with E-state index in [0.29, 0.717) is 0 Å². The van der Waals surface area contributed by atoms with Crippen molar-refractivity contribution in [3.05, 3.63) is 41.3 Å². The molecule has 162 valence electrons. The van der Waals surface area contributed by atoms with E-state index in [0.717, 1.165) is 50.1 Å². The fraction of sp³-hybridized carbons (Fsp3) is 0.615. The zero-order chi connectivity index (χ0) is 20.9. The summed E-state index contributed by atoms with van der Waals surface area (Å²) in [5, 5.41) is 5.64. The fourth-order valence-corrected chi connectivity index (χ4v) is 4.65. The van der Waals surface area contributed by atoms with Crippen molar-refractivity contribution >= 4 is 11.3 Å². The molecule has 1 unspecified atom stereocenters. The summed E-state index contributed by atoms with van der Waals surface area (Å²) in [6, 6.07) is 11.0. The standard InChI is InChI=1S/C26H41NOS/c1-5-15-27-20-23-13-14-25(24(19-23)26-12-10-17-29-26)28-16-9-7-6-8-11-22(4)18-21(2)3/h10,12-14,17,19,21-22,27H,5-9,11,15-16,18,20H2,1-4H3. The zero-order valence-corrected chi connectivity index (χ0v) is 19.8. The Morgan fingerprint density at radius 1 is 1.03 bits per heavy atom. The normalized spacial score (nSPS) is 12.4. The van der Waals surface area contributed by atoms with Gasteiger partial charge in [-0.05, 0) is 66.8 Å². The lowest BCUT2D eigenvalue weighted by Gasteiger charge is -2.14. The maximum absolute atomic E-state index is 6.21. The van der Waals surface area contributed by atoms with Gasteiger partial charge in [0, 0.05) is 17.0 Å². The predicted octanol–water partition coefficient (Wildman–Crippen LogP) is 7.93. The Morgan fingerprint density at radius 3 is 2.59 bits per heavy atom. The zero-order valence-electron chi connectivity index (χ0n) is 19.0. The number of thiophene rings is 1. The van der Waals surface area contributed by atoms with Crippen molar-refractivity contribution in [1.82, 2.24) is 5.32 Å². The highest BCUT2D eigenvalue weighted by atomic mass is 32.1. The van der Waals surface area contributed by atoms with Crippen LogP contribution in [0, 0.1) is 11.8 Å². The van der Waals surface area contributed by atoms with Crippen LogP contribution in [0.1, 0.15) is 78.2 Å². The summed E-state index contributed by atoms with van der Waals surface area (Å²) in [7, 11) is 0. The second-order valence-electron chi connectivity index (χ2n) is 8.77. The third-order valence-corrected chi connectivity index (χ3v) is 6.21. The van der Waals surface area contributed by atoms with Crippen LogP contribution in [0.2, 0.25) is 0 Å². The van der Waals surface area contributed by atoms with Crippen LogP contribution < -0.4 is 10.1 Å². The first-order valence-corrected chi connectivity index (χ1v) is 12.5. The van der Waals surface area contributed by atoms with Crippen LogP contribution in [-0.2, 0) is 6.54 Å². The number of hydrogen-bond acceptors (Lipinski definition) is 3. The van der Waals surface area contributed by atoms with Gasteiger partial charge in [-0.2, -0.15) is 0 Å². The van der Waals surface area contributed by atoms with Crippen molar-refractivity contribution in [2.24, 2.45) is 11.8 Å². The monoisotopic (exact) mass is 415 g/mol. The molecule has 0 aliphatic rings. The van der Waals surface area contributed by atoms with Gasteiger partial charge in [-0.25, -0.2) is 0 Å². The van der Waals surface area contributed by atoms with Gasteiger partial charge in [-0.1, -0.05) is 65.5 Å². The molecule has 0 saturated heterocycles. The second-order valence-corrected chi connectivity index (χ2v) is 9.72. The van der Waals surface area contributed by atoms with Crippen LogP contribution in [-0.4, -0.2) is 13.2 Å². The number of nitrogens with one attached hydrogen (secondary N) is 1. The molecular weight excluding hydrogens is 374 g/mol. The van der Waals surface area contributed by atoms with Gasteiger partial charge >= 0.3 is 0 Å². The molecule has 0 amide bonds. The Labute approximate surface area is 183 Å². The van der Waals surface area contributed by atoms with E-state index in [2.05, 4.69) is 68.7 Å². The topological polar surface area (TPSA) is 21.3 Å². The van der Waals surface area contributed by atoms with Crippen molar-refractivity contribution in [3.8, 4) is 16.2 Å². The lowest BCUT2D eigenvalue weighted by Crippen LogP contribution is -2.13. The van der Waals surface area contributed by atoms with Gasteiger partial charge in [0.25, 0.3) is 0 Å². The van der Waals surface area contributed by atoms with E-state index in [4.69, 9.17) is 4.74 Å². The van der Waals surface area contributed by atoms with E-state index >= 15 is 0 Å². The number of hydrogen-bond donors (Lipinski definition) is 1. The minimum absolute atomic E-state index is 0.813. The van der Waals surface area contributed by atoms with Crippen LogP contribution in [0.25, 0.3) is 10.4 Å². The molecule has 2 rings (SSSR count). The molecule has 3 heteroatoms. The first-order valence-electron chi connectivity index (χ1n) is 11.6. The van der Waals surface area contributed by atoms with E-state index in [1.54, 1.807) is 11.3 Å². The fourth-order valence-electron chi connectivity index (χ4n) is 3.90. The van der Waals surface area contributed by atoms with Crippen LogP contribution in [0.3, 0.4) is 0 Å². The van der Waals surface area contributed by atoms with E-state index in [1.807, 2.05) is 0 Å². The Balaban J connectivity index is 1.78. The maximum atomic E-state index is 6.21. The van der Waals surface area contributed by atoms with Crippen molar-refractivity contribution in [3.63, 3.8) is 0 Å². The molecule has 1 heterocycles. The van der Waals surface area contributed by atoms with Gasteiger partial charge in [0.15, 0.2) is 0 Å². The number of unbranched alkanes of at least 4 members (excludes halogenated alkanes) is 3. The van der Waals surface area contributed by atoms with E-state index < -0.39 is 0 Å². The average molecular weight is 416 g/mol. The van der Waals surface area contributed by atoms with E-state index in [1.165, 1.54) is 48.1 Å². The Kier molecular flexibility index (Phi) is 11.4. The smallest absolute Gasteiger partial charge is 0.127 e. The largest absolute Gasteiger partial charge is 0.493 e. The first kappa shape index (κ1) is 24.0. The third kappa shape index (κ3) is 9.35. The molecule has 1 atom stereocenters. The van der Waals surface area contributed by atoms with Crippen LogP contribution in [0.15, 0.2) is 35.7 Å². The Bertz CT molecular complexity index is 665. The highest BCUT2D eigenvalue weighted by Gasteiger charge is 2.09. The van der Waals surface area contributed by atoms with Crippen molar-refractivity contribution in [1.29, 1.82) is 0 Å². The maximum Gasteiger partial charge on any atom is 0.127 e. The molecule has 1 N–H and O–H groups in total. The van der Waals surface area contributed by atoms with Gasteiger partial charge in [0.2, 0.25) is 0 Å². The average Bonchev–Trinajstić information content (AvgIpc) is 3.22. The van der Waals surface area contributed by atoms with Gasteiger partial charge in [0.1, 0.15) is 5.75 Å². The summed E-state index contributed by atoms with van der Waals surface area (Å²) in [6.45, 7) is 12.0. The molecule has 0 bridgehead atoms. The highest BCUT2D eigenvalue weighted by Crippen LogP contribution is 2.34. The van der Waals surface area contributed by atoms with Gasteiger partial charge < -0.3 is 10.1 Å². The molecule has 2 aromatic rings. The molecule has 0 saturated carbocycles. The number of benzene rings is 1. The molecule has 1 aromatic carbocycles. The van der Waals surface area contributed by atoms with Gasteiger partial charge in [0.05, 0.1) is 6.61 Å². The summed E-state index contributed by atoms with van der Waals surface area (Å²) in [6.07, 6.45) is 8.98. The summed E-state index contributed by atoms with van der Waals surface area (Å²) in [5.74, 6) is 2.71. The Hall–Kier alpha value is -1.32. The lowest BCUT2D eigenvalue weighted by molar-refractivity contribution is 0.304. The minimum Gasteiger partial charge on any atom is -0.493 e. The van der Waals surface area contributed by atoms with Crippen molar-refractivity contribution in [2.45, 2.75) is 79.2 Å². The molecule has 0 radical (unpaired) electrons. The molecule has 0 fully saturated rings. The minimum atomic E-state index is 0.813. The summed E-state index contributed by atoms with van der Waals surface area (Å²) >= 11 is 1.78. The van der Waals surface area contributed by atoms with Gasteiger partial charge in [-0.3, -0.25) is 0 Å². The summed E-state index contributed by atoms with van der Waals surface area (Å²) < 4.78 is 6.21. The van der Waals surface area contributed by atoms with Crippen molar-refractivity contribution in [2.75, 3.05) is 13.2 Å². The van der Waals surface area contributed by atoms with Crippen LogP contribution in [0.4, 0.5) is 0 Å². The molecular formula is C26H41NOS. The molecule has 0 aliphatic carbocycles. The summed E-state index contributed by atoms with van der Waals surface area (Å²) in [5.41, 5.74) is 2.56. The second kappa shape index (κ2) is 13.8. The SMILES string of the molecule is CCCNCc1ccc(OCCCCCCC(C)CC(C)C)c(-c2cccs2)c1. The molecule has 2 nitrogen and oxygen atoms in total. The number of rotatable bonds is 15. The quantitative estimate of drug-likeness (QED) is 0.298. The molecule has 0 aliphatic heterocycles. The molecule has 1 aromatic heterocycles. The van der Waals surface area contributed by atoms with Crippen molar-refractivity contribution < 1.29 is 4.74 Å². The van der Waals surface area contributed by atoms with E-state index in [-0.39, 0.29) is 0 Å². The number of ether oxygens (including phenoxy) is 1. The lowest BCUT2D eigenvalue weighted by atomic mass is 9.94. The van der Waals surface area contributed by atoms with Crippen LogP contribution >= 0.6 is 11.3 Å². The highest BCUT2D eigenvalue weighted by molar-refractivity contribution is 7.13. The van der Waals surface area contributed by atoms with E-state index in [9.17, 15) is 0 Å². The summed E-state index contributed by atoms with van der Waals surface area (Å²) in [4.78, 5) is 1.29. The third-order valence-electron chi connectivity index (χ3n) is 5.31. The Morgan fingerprint density at radius 2 is 1.86 bits per heavy atom. The molecule has 0 spiro atoms. The first-order chi connectivity index (χ1) is 14.1. The molecule has 29 heavy (non-hydrogen) atoms.